The van der Waals surface area contributed by atoms with Gasteiger partial charge in [-0.05, 0) is 43.5 Å². The van der Waals surface area contributed by atoms with E-state index in [2.05, 4.69) is 10.1 Å². The Balaban J connectivity index is 1.44. The topological polar surface area (TPSA) is 82.2 Å². The summed E-state index contributed by atoms with van der Waals surface area (Å²) in [5.74, 6) is 2.70. The lowest BCUT2D eigenvalue weighted by Gasteiger charge is -2.21. The van der Waals surface area contributed by atoms with E-state index in [1.807, 2.05) is 16.8 Å². The van der Waals surface area contributed by atoms with Crippen molar-refractivity contribution >= 4 is 5.91 Å². The van der Waals surface area contributed by atoms with Gasteiger partial charge < -0.3 is 9.64 Å². The molecule has 0 radical (unpaired) electrons. The number of aryl methyl sites for hydroxylation is 1. The summed E-state index contributed by atoms with van der Waals surface area (Å²) in [6.45, 7) is 3.41. The summed E-state index contributed by atoms with van der Waals surface area (Å²) in [6.07, 6.45) is 4.66. The van der Waals surface area contributed by atoms with Crippen LogP contribution in [0.5, 0.6) is 5.75 Å². The third-order valence-electron chi connectivity index (χ3n) is 6.04. The molecular formula is C23H25N5O3. The predicted octanol–water partition coefficient (Wildman–Crippen LogP) is 2.32. The molecular weight excluding hydrogens is 394 g/mol. The van der Waals surface area contributed by atoms with Gasteiger partial charge in [0.05, 0.1) is 19.3 Å². The highest BCUT2D eigenvalue weighted by atomic mass is 16.5. The van der Waals surface area contributed by atoms with Gasteiger partial charge in [0.2, 0.25) is 0 Å². The molecule has 3 heterocycles. The largest absolute Gasteiger partial charge is 0.495 e. The normalized spacial score (nSPS) is 16.0. The van der Waals surface area contributed by atoms with Crippen molar-refractivity contribution in [2.45, 2.75) is 38.6 Å². The average molecular weight is 419 g/mol. The van der Waals surface area contributed by atoms with Crippen LogP contribution in [0.2, 0.25) is 0 Å². The summed E-state index contributed by atoms with van der Waals surface area (Å²) >= 11 is 0. The zero-order chi connectivity index (χ0) is 21.5. The first-order valence-corrected chi connectivity index (χ1v) is 10.7. The number of para-hydroxylation sites is 2. The van der Waals surface area contributed by atoms with E-state index in [-0.39, 0.29) is 17.0 Å². The summed E-state index contributed by atoms with van der Waals surface area (Å²) in [5, 5.41) is 4.64. The van der Waals surface area contributed by atoms with Crippen molar-refractivity contribution in [2.75, 3.05) is 20.2 Å². The summed E-state index contributed by atoms with van der Waals surface area (Å²) in [6, 6.07) is 9.08. The second-order valence-electron chi connectivity index (χ2n) is 8.15. The number of rotatable bonds is 4. The molecule has 1 aliphatic heterocycles. The number of amides is 1. The first-order valence-electron chi connectivity index (χ1n) is 10.7. The van der Waals surface area contributed by atoms with Gasteiger partial charge >= 0.3 is 0 Å². The zero-order valence-electron chi connectivity index (χ0n) is 17.7. The molecule has 3 aromatic rings. The van der Waals surface area contributed by atoms with Crippen LogP contribution in [0.1, 0.15) is 46.3 Å². The molecule has 2 aromatic heterocycles. The van der Waals surface area contributed by atoms with Gasteiger partial charge in [0.15, 0.2) is 5.82 Å². The molecule has 0 spiro atoms. The monoisotopic (exact) mass is 419 g/mol. The Kier molecular flexibility index (Phi) is 4.84. The smallest absolute Gasteiger partial charge is 0.268 e. The number of ether oxygens (including phenoxy) is 1. The number of fused-ring (bicyclic) bond motifs is 1. The molecule has 0 unspecified atom stereocenters. The van der Waals surface area contributed by atoms with Crippen LogP contribution >= 0.6 is 0 Å². The highest BCUT2D eigenvalue weighted by Crippen LogP contribution is 2.38. The van der Waals surface area contributed by atoms with Crippen LogP contribution in [0.15, 0.2) is 41.3 Å². The van der Waals surface area contributed by atoms with Crippen molar-refractivity contribution in [3.05, 3.63) is 69.7 Å². The number of aromatic nitrogens is 4. The number of carbonyl (C=O) groups is 1. The summed E-state index contributed by atoms with van der Waals surface area (Å²) in [4.78, 5) is 33.2. The van der Waals surface area contributed by atoms with Crippen LogP contribution in [-0.2, 0) is 13.0 Å². The van der Waals surface area contributed by atoms with Crippen LogP contribution in [0.25, 0.3) is 5.69 Å². The van der Waals surface area contributed by atoms with Gasteiger partial charge in [-0.2, -0.15) is 5.10 Å². The third-order valence-corrected chi connectivity index (χ3v) is 6.04. The highest BCUT2D eigenvalue weighted by Gasteiger charge is 2.31. The Hall–Kier alpha value is -3.42. The fourth-order valence-electron chi connectivity index (χ4n) is 4.10. The molecule has 1 saturated carbocycles. The standard InChI is InChI=1S/C23H25N5O3/c1-15-9-12-27(17-5-3-4-6-18(17)31-2)23(30)20(15)22(29)26-11-10-19-24-21(16-7-8-16)25-28(19)14-13-26/h3-6,9,12,16H,7-8,10-11,13-14H2,1-2H3. The fraction of sp³-hybridized carbons (Fsp3) is 0.391. The van der Waals surface area contributed by atoms with Gasteiger partial charge in [-0.25, -0.2) is 9.67 Å². The van der Waals surface area contributed by atoms with E-state index >= 15 is 0 Å². The average Bonchev–Trinajstić information content (AvgIpc) is 3.58. The van der Waals surface area contributed by atoms with Gasteiger partial charge in [0.1, 0.15) is 17.1 Å². The second kappa shape index (κ2) is 7.68. The van der Waals surface area contributed by atoms with Crippen LogP contribution in [0, 0.1) is 6.92 Å². The van der Waals surface area contributed by atoms with E-state index in [0.717, 1.165) is 11.6 Å². The molecule has 5 rings (SSSR count). The third kappa shape index (κ3) is 3.52. The predicted molar refractivity (Wildman–Crippen MR) is 115 cm³/mol. The summed E-state index contributed by atoms with van der Waals surface area (Å²) < 4.78 is 8.80. The molecule has 1 fully saturated rings. The number of nitrogens with zero attached hydrogens (tertiary/aromatic N) is 5. The summed E-state index contributed by atoms with van der Waals surface area (Å²) in [5.41, 5.74) is 1.12. The molecule has 160 valence electrons. The molecule has 8 nitrogen and oxygen atoms in total. The quantitative estimate of drug-likeness (QED) is 0.648. The van der Waals surface area contributed by atoms with E-state index in [1.165, 1.54) is 17.4 Å². The van der Waals surface area contributed by atoms with E-state index < -0.39 is 0 Å². The first kappa shape index (κ1) is 19.5. The molecule has 1 aromatic carbocycles. The maximum atomic E-state index is 13.4. The Bertz CT molecular complexity index is 1180. The van der Waals surface area contributed by atoms with Crippen molar-refractivity contribution in [2.24, 2.45) is 0 Å². The number of benzene rings is 1. The second-order valence-corrected chi connectivity index (χ2v) is 8.15. The van der Waals surface area contributed by atoms with Gasteiger partial charge in [0.25, 0.3) is 11.5 Å². The zero-order valence-corrected chi connectivity index (χ0v) is 17.7. The number of hydrogen-bond donors (Lipinski definition) is 0. The van der Waals surface area contributed by atoms with Crippen LogP contribution in [0.4, 0.5) is 0 Å². The maximum absolute atomic E-state index is 13.4. The summed E-state index contributed by atoms with van der Waals surface area (Å²) in [7, 11) is 1.56. The van der Waals surface area contributed by atoms with E-state index in [9.17, 15) is 9.59 Å². The van der Waals surface area contributed by atoms with E-state index in [4.69, 9.17) is 4.74 Å². The van der Waals surface area contributed by atoms with Crippen LogP contribution in [0.3, 0.4) is 0 Å². The molecule has 1 aliphatic carbocycles. The van der Waals surface area contributed by atoms with Crippen molar-refractivity contribution in [3.63, 3.8) is 0 Å². The van der Waals surface area contributed by atoms with Crippen molar-refractivity contribution in [1.29, 1.82) is 0 Å². The number of methoxy groups -OCH3 is 1. The van der Waals surface area contributed by atoms with Gasteiger partial charge in [-0.15, -0.1) is 0 Å². The lowest BCUT2D eigenvalue weighted by atomic mass is 10.1. The minimum absolute atomic E-state index is 0.194. The van der Waals surface area contributed by atoms with Crippen LogP contribution in [-0.4, -0.2) is 50.3 Å². The van der Waals surface area contributed by atoms with Crippen molar-refractivity contribution < 1.29 is 9.53 Å². The SMILES string of the molecule is COc1ccccc1-n1ccc(C)c(C(=O)N2CCc3nc(C4CC4)nn3CC2)c1=O. The van der Waals surface area contributed by atoms with Crippen molar-refractivity contribution in [1.82, 2.24) is 24.2 Å². The van der Waals surface area contributed by atoms with Crippen LogP contribution < -0.4 is 10.3 Å². The highest BCUT2D eigenvalue weighted by molar-refractivity contribution is 5.95. The maximum Gasteiger partial charge on any atom is 0.268 e. The van der Waals surface area contributed by atoms with Gasteiger partial charge in [-0.3, -0.25) is 14.2 Å². The Labute approximate surface area is 180 Å². The lowest BCUT2D eigenvalue weighted by Crippen LogP contribution is -2.39. The lowest BCUT2D eigenvalue weighted by molar-refractivity contribution is 0.0755. The molecule has 0 saturated heterocycles. The van der Waals surface area contributed by atoms with Gasteiger partial charge in [0, 0.05) is 31.6 Å². The number of hydrogen-bond acceptors (Lipinski definition) is 5. The minimum Gasteiger partial charge on any atom is -0.495 e. The van der Waals surface area contributed by atoms with E-state index in [0.29, 0.717) is 49.0 Å². The Morgan fingerprint density at radius 1 is 1.13 bits per heavy atom. The van der Waals surface area contributed by atoms with E-state index in [1.54, 1.807) is 43.3 Å². The Morgan fingerprint density at radius 2 is 1.94 bits per heavy atom. The first-order chi connectivity index (χ1) is 15.1. The Morgan fingerprint density at radius 3 is 2.71 bits per heavy atom. The number of pyridine rings is 1. The number of carbonyl (C=O) groups excluding carboxylic acids is 1. The van der Waals surface area contributed by atoms with Crippen molar-refractivity contribution in [3.8, 4) is 11.4 Å². The minimum atomic E-state index is -0.342. The molecule has 2 aliphatic rings. The molecule has 8 heteroatoms. The van der Waals surface area contributed by atoms with Gasteiger partial charge in [-0.1, -0.05) is 12.1 Å². The molecule has 31 heavy (non-hydrogen) atoms. The fourth-order valence-corrected chi connectivity index (χ4v) is 4.10. The molecule has 1 amide bonds. The molecule has 0 atom stereocenters. The molecule has 0 N–H and O–H groups in total. The molecule has 0 bridgehead atoms.